The van der Waals surface area contributed by atoms with Gasteiger partial charge in [-0.3, -0.25) is 9.59 Å². The second kappa shape index (κ2) is 5.38. The zero-order valence-corrected chi connectivity index (χ0v) is 10.8. The predicted molar refractivity (Wildman–Crippen MR) is 66.7 cm³/mol. The Bertz CT molecular complexity index is 429. The highest BCUT2D eigenvalue weighted by Gasteiger charge is 2.39. The molecule has 0 unspecified atom stereocenters. The van der Waals surface area contributed by atoms with Gasteiger partial charge in [-0.2, -0.15) is 0 Å². The summed E-state index contributed by atoms with van der Waals surface area (Å²) in [6, 6.07) is 6.54. The van der Waals surface area contributed by atoms with Crippen LogP contribution in [0.25, 0.3) is 0 Å². The number of nitrogens with one attached hydrogen (secondary N) is 1. The summed E-state index contributed by atoms with van der Waals surface area (Å²) < 4.78 is 2.89. The molecule has 0 bridgehead atoms. The summed E-state index contributed by atoms with van der Waals surface area (Å²) in [7, 11) is 1.53. The number of alkyl halides is 2. The van der Waals surface area contributed by atoms with Crippen molar-refractivity contribution >= 4 is 40.6 Å². The van der Waals surface area contributed by atoms with Crippen molar-refractivity contribution in [3.8, 4) is 5.75 Å². The fourth-order valence-corrected chi connectivity index (χ4v) is 1.14. The Labute approximate surface area is 109 Å². The maximum atomic E-state index is 11.6. The molecular weight excluding hydrogens is 265 g/mol. The molecule has 6 heteroatoms. The number of benzene rings is 1. The second-order valence-corrected chi connectivity index (χ2v) is 4.64. The van der Waals surface area contributed by atoms with E-state index in [-0.39, 0.29) is 0 Å². The van der Waals surface area contributed by atoms with Gasteiger partial charge in [0, 0.05) is 5.69 Å². The molecule has 4 nitrogen and oxygen atoms in total. The molecule has 1 rings (SSSR count). The number of methoxy groups -OCH3 is 1. The average molecular weight is 276 g/mol. The Hall–Kier alpha value is -1.26. The number of ether oxygens (including phenoxy) is 1. The van der Waals surface area contributed by atoms with E-state index in [1.165, 1.54) is 7.11 Å². The maximum absolute atomic E-state index is 11.6. The van der Waals surface area contributed by atoms with Crippen molar-refractivity contribution in [2.24, 2.45) is 0 Å². The molecule has 0 heterocycles. The van der Waals surface area contributed by atoms with Crippen molar-refractivity contribution in [1.29, 1.82) is 0 Å². The lowest BCUT2D eigenvalue weighted by Crippen LogP contribution is -2.38. The summed E-state index contributed by atoms with van der Waals surface area (Å²) in [5.41, 5.74) is 0.475. The summed E-state index contributed by atoms with van der Waals surface area (Å²) in [5, 5.41) is 2.44. The molecular formula is C11H11Cl2NO3. The lowest BCUT2D eigenvalue weighted by Gasteiger charge is -2.15. The Morgan fingerprint density at radius 3 is 2.18 bits per heavy atom. The molecule has 0 saturated heterocycles. The summed E-state index contributed by atoms with van der Waals surface area (Å²) in [6.45, 7) is 1.15. The van der Waals surface area contributed by atoms with Crippen LogP contribution in [-0.4, -0.2) is 23.1 Å². The maximum Gasteiger partial charge on any atom is 0.268 e. The monoisotopic (exact) mass is 275 g/mol. The van der Waals surface area contributed by atoms with E-state index in [4.69, 9.17) is 27.9 Å². The van der Waals surface area contributed by atoms with E-state index in [9.17, 15) is 9.59 Å². The number of hydrogen-bond acceptors (Lipinski definition) is 3. The second-order valence-electron chi connectivity index (χ2n) is 3.31. The standard InChI is InChI=1S/C11H11Cl2NO3/c1-7(15)11(12,13)10(16)14-8-3-5-9(17-2)6-4-8/h3-6H,1-2H3,(H,14,16). The summed E-state index contributed by atoms with van der Waals surface area (Å²) in [4.78, 5) is 22.7. The molecule has 0 radical (unpaired) electrons. The smallest absolute Gasteiger partial charge is 0.268 e. The van der Waals surface area contributed by atoms with E-state index in [0.29, 0.717) is 11.4 Å². The first-order valence-corrected chi connectivity index (χ1v) is 5.48. The molecule has 0 saturated carbocycles. The molecule has 0 spiro atoms. The zero-order chi connectivity index (χ0) is 13.1. The van der Waals surface area contributed by atoms with Crippen LogP contribution in [0, 0.1) is 0 Å². The first-order valence-electron chi connectivity index (χ1n) is 4.72. The molecule has 17 heavy (non-hydrogen) atoms. The van der Waals surface area contributed by atoms with Gasteiger partial charge < -0.3 is 10.1 Å². The first-order chi connectivity index (χ1) is 7.87. The van der Waals surface area contributed by atoms with E-state index in [1.807, 2.05) is 0 Å². The molecule has 0 aliphatic heterocycles. The Kier molecular flexibility index (Phi) is 4.37. The normalized spacial score (nSPS) is 10.8. The van der Waals surface area contributed by atoms with Gasteiger partial charge in [-0.25, -0.2) is 0 Å². The van der Waals surface area contributed by atoms with Gasteiger partial charge in [-0.1, -0.05) is 23.2 Å². The van der Waals surface area contributed by atoms with Crippen LogP contribution in [0.5, 0.6) is 5.75 Å². The molecule has 0 fully saturated rings. The molecule has 1 aromatic carbocycles. The zero-order valence-electron chi connectivity index (χ0n) is 9.29. The molecule has 0 aromatic heterocycles. The molecule has 0 atom stereocenters. The van der Waals surface area contributed by atoms with Crippen LogP contribution in [0.1, 0.15) is 6.92 Å². The molecule has 92 valence electrons. The van der Waals surface area contributed by atoms with Gasteiger partial charge >= 0.3 is 0 Å². The largest absolute Gasteiger partial charge is 0.497 e. The minimum Gasteiger partial charge on any atom is -0.497 e. The number of rotatable bonds is 4. The van der Waals surface area contributed by atoms with Crippen LogP contribution in [0.15, 0.2) is 24.3 Å². The average Bonchev–Trinajstić information content (AvgIpc) is 2.29. The molecule has 0 aliphatic rings. The summed E-state index contributed by atoms with van der Waals surface area (Å²) in [6.07, 6.45) is 0. The summed E-state index contributed by atoms with van der Waals surface area (Å²) in [5.74, 6) is -0.761. The van der Waals surface area contributed by atoms with E-state index in [2.05, 4.69) is 5.32 Å². The van der Waals surface area contributed by atoms with Gasteiger partial charge in [-0.05, 0) is 31.2 Å². The molecule has 1 aromatic rings. The lowest BCUT2D eigenvalue weighted by molar-refractivity contribution is -0.125. The van der Waals surface area contributed by atoms with Crippen LogP contribution < -0.4 is 10.1 Å². The molecule has 1 N–H and O–H groups in total. The van der Waals surface area contributed by atoms with Crippen molar-refractivity contribution in [3.05, 3.63) is 24.3 Å². The number of amides is 1. The van der Waals surface area contributed by atoms with Crippen molar-refractivity contribution in [1.82, 2.24) is 0 Å². The first kappa shape index (κ1) is 13.8. The Morgan fingerprint density at radius 1 is 1.24 bits per heavy atom. The number of hydrogen-bond donors (Lipinski definition) is 1. The van der Waals surface area contributed by atoms with Gasteiger partial charge in [0.15, 0.2) is 5.78 Å². The minimum absolute atomic E-state index is 0.475. The third-order valence-electron chi connectivity index (χ3n) is 2.08. The van der Waals surface area contributed by atoms with Crippen molar-refractivity contribution in [3.63, 3.8) is 0 Å². The Balaban J connectivity index is 2.77. The third-order valence-corrected chi connectivity index (χ3v) is 2.95. The van der Waals surface area contributed by atoms with E-state index in [1.54, 1.807) is 24.3 Å². The van der Waals surface area contributed by atoms with E-state index < -0.39 is 16.0 Å². The number of Topliss-reactive ketones (excluding diaryl/α,β-unsaturated/α-hetero) is 1. The lowest BCUT2D eigenvalue weighted by atomic mass is 10.2. The third kappa shape index (κ3) is 3.35. The number of halogens is 2. The minimum atomic E-state index is -2.07. The highest BCUT2D eigenvalue weighted by atomic mass is 35.5. The predicted octanol–water partition coefficient (Wildman–Crippen LogP) is 2.40. The number of ketones is 1. The summed E-state index contributed by atoms with van der Waals surface area (Å²) >= 11 is 11.2. The van der Waals surface area contributed by atoms with Crippen molar-refractivity contribution < 1.29 is 14.3 Å². The fraction of sp³-hybridized carbons (Fsp3) is 0.273. The SMILES string of the molecule is COc1ccc(NC(=O)C(Cl)(Cl)C(C)=O)cc1. The van der Waals surface area contributed by atoms with Gasteiger partial charge in [-0.15, -0.1) is 0 Å². The van der Waals surface area contributed by atoms with Gasteiger partial charge in [0.2, 0.25) is 0 Å². The number of carbonyl (C=O) groups is 2. The molecule has 0 aliphatic carbocycles. The van der Waals surface area contributed by atoms with E-state index in [0.717, 1.165) is 6.92 Å². The van der Waals surface area contributed by atoms with Gasteiger partial charge in [0.1, 0.15) is 5.75 Å². The van der Waals surface area contributed by atoms with Crippen LogP contribution in [0.4, 0.5) is 5.69 Å². The van der Waals surface area contributed by atoms with Crippen LogP contribution >= 0.6 is 23.2 Å². The van der Waals surface area contributed by atoms with Crippen LogP contribution in [0.3, 0.4) is 0 Å². The van der Waals surface area contributed by atoms with Crippen molar-refractivity contribution in [2.75, 3.05) is 12.4 Å². The fourth-order valence-electron chi connectivity index (χ4n) is 1.04. The number of anilines is 1. The van der Waals surface area contributed by atoms with Gasteiger partial charge in [0.25, 0.3) is 10.2 Å². The van der Waals surface area contributed by atoms with Gasteiger partial charge in [0.05, 0.1) is 7.11 Å². The van der Waals surface area contributed by atoms with E-state index >= 15 is 0 Å². The molecule has 1 amide bonds. The number of carbonyl (C=O) groups excluding carboxylic acids is 2. The highest BCUT2D eigenvalue weighted by Crippen LogP contribution is 2.25. The van der Waals surface area contributed by atoms with Crippen LogP contribution in [0.2, 0.25) is 0 Å². The topological polar surface area (TPSA) is 55.4 Å². The van der Waals surface area contributed by atoms with Crippen LogP contribution in [-0.2, 0) is 9.59 Å². The Morgan fingerprint density at radius 2 is 1.76 bits per heavy atom. The van der Waals surface area contributed by atoms with Crippen molar-refractivity contribution in [2.45, 2.75) is 11.3 Å². The highest BCUT2D eigenvalue weighted by molar-refractivity contribution is 6.68. The quantitative estimate of drug-likeness (QED) is 0.678.